The number of anilines is 1. The molecule has 0 atom stereocenters. The number of nitro groups is 1. The smallest absolute Gasteiger partial charge is 0.417 e. The third kappa shape index (κ3) is 4.29. The molecule has 0 aliphatic carbocycles. The summed E-state index contributed by atoms with van der Waals surface area (Å²) in [5, 5.41) is 13.0. The Morgan fingerprint density at radius 3 is 2.42 bits per heavy atom. The summed E-state index contributed by atoms with van der Waals surface area (Å²) in [5.41, 5.74) is 0.318. The Hall–Kier alpha value is -3.42. The van der Waals surface area contributed by atoms with E-state index in [1.165, 1.54) is 36.4 Å². The number of para-hydroxylation sites is 1. The lowest BCUT2D eigenvalue weighted by Crippen LogP contribution is -2.19. The van der Waals surface area contributed by atoms with Gasteiger partial charge in [0.15, 0.2) is 0 Å². The van der Waals surface area contributed by atoms with Crippen LogP contribution in [0.15, 0.2) is 48.5 Å². The summed E-state index contributed by atoms with van der Waals surface area (Å²) in [5.74, 6) is -0.435. The quantitative estimate of drug-likeness (QED) is 0.511. The van der Waals surface area contributed by atoms with E-state index in [0.29, 0.717) is 0 Å². The molecule has 1 N–H and O–H groups in total. The molecular weight excluding hydrogens is 316 g/mol. The number of hydrogen-bond acceptors (Lipinski definition) is 6. The van der Waals surface area contributed by atoms with Gasteiger partial charge in [0.25, 0.3) is 5.69 Å². The second-order valence-electron chi connectivity index (χ2n) is 4.53. The van der Waals surface area contributed by atoms with Crippen LogP contribution in [-0.2, 0) is 4.74 Å². The summed E-state index contributed by atoms with van der Waals surface area (Å²) < 4.78 is 9.93. The van der Waals surface area contributed by atoms with E-state index < -0.39 is 17.0 Å². The van der Waals surface area contributed by atoms with Crippen molar-refractivity contribution in [1.29, 1.82) is 0 Å². The molecule has 0 radical (unpaired) electrons. The van der Waals surface area contributed by atoms with Crippen molar-refractivity contribution in [1.82, 2.24) is 0 Å². The van der Waals surface area contributed by atoms with E-state index in [2.05, 4.69) is 5.32 Å². The van der Waals surface area contributed by atoms with Gasteiger partial charge in [-0.15, -0.1) is 0 Å². The maximum Gasteiger partial charge on any atom is 0.417 e. The molecule has 0 fully saturated rings. The Bertz CT molecular complexity index is 757. The number of ether oxygens (including phenoxy) is 2. The summed E-state index contributed by atoms with van der Waals surface area (Å²) in [4.78, 5) is 33.8. The van der Waals surface area contributed by atoms with Gasteiger partial charge in [-0.05, 0) is 31.2 Å². The van der Waals surface area contributed by atoms with Gasteiger partial charge in [0, 0.05) is 12.1 Å². The van der Waals surface area contributed by atoms with Crippen molar-refractivity contribution in [2.24, 2.45) is 0 Å². The third-order valence-corrected chi connectivity index (χ3v) is 2.92. The highest BCUT2D eigenvalue weighted by Gasteiger charge is 2.15. The SMILES string of the molecule is CCOC(=O)c1ccccc1NC(=O)Oc1ccc([N+](=O)[O-])cc1. The van der Waals surface area contributed by atoms with Gasteiger partial charge < -0.3 is 9.47 Å². The van der Waals surface area contributed by atoms with Crippen molar-refractivity contribution < 1.29 is 24.0 Å². The number of non-ortho nitro benzene ring substituents is 1. The molecule has 0 aliphatic heterocycles. The Morgan fingerprint density at radius 1 is 1.12 bits per heavy atom. The number of hydrogen-bond donors (Lipinski definition) is 1. The molecule has 0 aliphatic rings. The predicted molar refractivity (Wildman–Crippen MR) is 85.1 cm³/mol. The van der Waals surface area contributed by atoms with Gasteiger partial charge in [-0.3, -0.25) is 15.4 Å². The zero-order valence-corrected chi connectivity index (χ0v) is 12.7. The van der Waals surface area contributed by atoms with E-state index in [1.807, 2.05) is 0 Å². The molecule has 24 heavy (non-hydrogen) atoms. The highest BCUT2D eigenvalue weighted by molar-refractivity contribution is 6.00. The van der Waals surface area contributed by atoms with Crippen LogP contribution < -0.4 is 10.1 Å². The average molecular weight is 330 g/mol. The van der Waals surface area contributed by atoms with Crippen molar-refractivity contribution in [3.63, 3.8) is 0 Å². The lowest BCUT2D eigenvalue weighted by atomic mass is 10.2. The fourth-order valence-electron chi connectivity index (χ4n) is 1.86. The molecule has 0 saturated carbocycles. The second kappa shape index (κ2) is 7.73. The highest BCUT2D eigenvalue weighted by Crippen LogP contribution is 2.19. The minimum absolute atomic E-state index is 0.115. The highest BCUT2D eigenvalue weighted by atomic mass is 16.6. The number of nitro benzene ring substituents is 1. The topological polar surface area (TPSA) is 108 Å². The molecule has 0 aromatic heterocycles. The monoisotopic (exact) mass is 330 g/mol. The lowest BCUT2D eigenvalue weighted by molar-refractivity contribution is -0.384. The first-order valence-corrected chi connectivity index (χ1v) is 7.00. The molecule has 0 saturated heterocycles. The largest absolute Gasteiger partial charge is 0.462 e. The number of esters is 1. The Morgan fingerprint density at radius 2 is 1.79 bits per heavy atom. The van der Waals surface area contributed by atoms with E-state index in [1.54, 1.807) is 19.1 Å². The summed E-state index contributed by atoms with van der Waals surface area (Å²) in [6, 6.07) is 11.4. The van der Waals surface area contributed by atoms with Crippen molar-refractivity contribution in [3.8, 4) is 5.75 Å². The van der Waals surface area contributed by atoms with Gasteiger partial charge in [0.2, 0.25) is 0 Å². The molecule has 124 valence electrons. The van der Waals surface area contributed by atoms with Crippen LogP contribution in [0.5, 0.6) is 5.75 Å². The molecule has 2 rings (SSSR count). The maximum atomic E-state index is 11.9. The number of amides is 1. The average Bonchev–Trinajstić information content (AvgIpc) is 2.56. The van der Waals surface area contributed by atoms with Gasteiger partial charge in [-0.1, -0.05) is 12.1 Å². The first-order chi connectivity index (χ1) is 11.5. The Kier molecular flexibility index (Phi) is 5.45. The van der Waals surface area contributed by atoms with Crippen LogP contribution in [0, 0.1) is 10.1 Å². The maximum absolute atomic E-state index is 11.9. The van der Waals surface area contributed by atoms with Crippen LogP contribution in [0.25, 0.3) is 0 Å². The summed E-state index contributed by atoms with van der Waals surface area (Å²) >= 11 is 0. The van der Waals surface area contributed by atoms with Gasteiger partial charge in [0.05, 0.1) is 22.8 Å². The van der Waals surface area contributed by atoms with Crippen molar-refractivity contribution >= 4 is 23.4 Å². The van der Waals surface area contributed by atoms with Crippen LogP contribution in [-0.4, -0.2) is 23.6 Å². The zero-order chi connectivity index (χ0) is 17.5. The van der Waals surface area contributed by atoms with Crippen LogP contribution in [0.2, 0.25) is 0 Å². The Labute approximate surface area is 137 Å². The molecule has 1 amide bonds. The van der Waals surface area contributed by atoms with Crippen LogP contribution >= 0.6 is 0 Å². The van der Waals surface area contributed by atoms with Crippen molar-refractivity contribution in [3.05, 3.63) is 64.2 Å². The molecule has 0 heterocycles. The summed E-state index contributed by atoms with van der Waals surface area (Å²) in [6.07, 6.45) is -0.833. The fourth-order valence-corrected chi connectivity index (χ4v) is 1.86. The van der Waals surface area contributed by atoms with E-state index in [0.717, 1.165) is 0 Å². The third-order valence-electron chi connectivity index (χ3n) is 2.92. The number of carbonyl (C=O) groups excluding carboxylic acids is 2. The molecule has 0 unspecified atom stereocenters. The molecule has 0 bridgehead atoms. The summed E-state index contributed by atoms with van der Waals surface area (Å²) in [7, 11) is 0. The van der Waals surface area contributed by atoms with E-state index >= 15 is 0 Å². The van der Waals surface area contributed by atoms with Crippen molar-refractivity contribution in [2.45, 2.75) is 6.92 Å². The van der Waals surface area contributed by atoms with E-state index in [-0.39, 0.29) is 29.3 Å². The second-order valence-corrected chi connectivity index (χ2v) is 4.53. The molecule has 8 heteroatoms. The van der Waals surface area contributed by atoms with E-state index in [9.17, 15) is 19.7 Å². The summed E-state index contributed by atoms with van der Waals surface area (Å²) in [6.45, 7) is 1.89. The molecule has 2 aromatic carbocycles. The van der Waals surface area contributed by atoms with Gasteiger partial charge in [-0.25, -0.2) is 9.59 Å². The van der Waals surface area contributed by atoms with Gasteiger partial charge in [0.1, 0.15) is 5.75 Å². The molecule has 0 spiro atoms. The standard InChI is InChI=1S/C16H14N2O6/c1-2-23-15(19)13-5-3-4-6-14(13)17-16(20)24-12-9-7-11(8-10-12)18(21)22/h3-10H,2H2,1H3,(H,17,20). The molecule has 2 aromatic rings. The van der Waals surface area contributed by atoms with Gasteiger partial charge in [-0.2, -0.15) is 0 Å². The first-order valence-electron chi connectivity index (χ1n) is 7.00. The fraction of sp³-hybridized carbons (Fsp3) is 0.125. The zero-order valence-electron chi connectivity index (χ0n) is 12.7. The van der Waals surface area contributed by atoms with Gasteiger partial charge >= 0.3 is 12.1 Å². The van der Waals surface area contributed by atoms with Crippen LogP contribution in [0.3, 0.4) is 0 Å². The normalized spacial score (nSPS) is 9.88. The minimum Gasteiger partial charge on any atom is -0.462 e. The van der Waals surface area contributed by atoms with Crippen LogP contribution in [0.1, 0.15) is 17.3 Å². The first kappa shape index (κ1) is 16.9. The number of nitrogens with one attached hydrogen (secondary N) is 1. The lowest BCUT2D eigenvalue weighted by Gasteiger charge is -2.10. The number of nitrogens with zero attached hydrogens (tertiary/aromatic N) is 1. The molecule has 8 nitrogen and oxygen atoms in total. The number of benzene rings is 2. The minimum atomic E-state index is -0.833. The predicted octanol–water partition coefficient (Wildman–Crippen LogP) is 3.38. The number of carbonyl (C=O) groups is 2. The van der Waals surface area contributed by atoms with Crippen LogP contribution in [0.4, 0.5) is 16.2 Å². The van der Waals surface area contributed by atoms with E-state index in [4.69, 9.17) is 9.47 Å². The number of rotatable bonds is 5. The Balaban J connectivity index is 2.07. The van der Waals surface area contributed by atoms with Crippen molar-refractivity contribution in [2.75, 3.05) is 11.9 Å². The molecular formula is C16H14N2O6.